The van der Waals surface area contributed by atoms with Crippen LogP contribution in [0.1, 0.15) is 33.1 Å². The monoisotopic (exact) mass is 352 g/mol. The molecule has 130 valence electrons. The molecule has 0 aromatic rings. The van der Waals surface area contributed by atoms with Crippen molar-refractivity contribution < 1.29 is 23.8 Å². The van der Waals surface area contributed by atoms with Crippen LogP contribution in [-0.4, -0.2) is 57.3 Å². The summed E-state index contributed by atoms with van der Waals surface area (Å²) in [7, 11) is 6.57. The number of hydrogen-bond donors (Lipinski definition) is 0. The molecule has 0 rings (SSSR count). The Morgan fingerprint density at radius 2 is 1.77 bits per heavy atom. The number of Topliss-reactive ketones (excluding diaryl/α,β-unsaturated/α-hetero) is 1. The molecule has 0 aliphatic rings. The van der Waals surface area contributed by atoms with Crippen LogP contribution >= 0.6 is 21.6 Å². The van der Waals surface area contributed by atoms with Gasteiger partial charge in [0.1, 0.15) is 12.4 Å². The summed E-state index contributed by atoms with van der Waals surface area (Å²) in [6.07, 6.45) is 1.38. The van der Waals surface area contributed by atoms with Crippen LogP contribution < -0.4 is 0 Å². The van der Waals surface area contributed by atoms with Gasteiger partial charge in [-0.05, 0) is 13.3 Å². The molecular weight excluding hydrogens is 324 g/mol. The van der Waals surface area contributed by atoms with Gasteiger partial charge in [0.15, 0.2) is 0 Å². The summed E-state index contributed by atoms with van der Waals surface area (Å²) in [5.41, 5.74) is -0.775. The van der Waals surface area contributed by atoms with Crippen molar-refractivity contribution in [2.75, 3.05) is 45.5 Å². The summed E-state index contributed by atoms with van der Waals surface area (Å²) in [4.78, 5) is 24.0. The molecule has 0 aliphatic heterocycles. The van der Waals surface area contributed by atoms with Gasteiger partial charge in [-0.2, -0.15) is 0 Å². The maximum absolute atomic E-state index is 12.4. The van der Waals surface area contributed by atoms with E-state index < -0.39 is 5.41 Å². The molecule has 7 heteroatoms. The SMILES string of the molecule is CCSSCCC(=O)C(C)(COC)COC(=O)CCCOC. The third-order valence-corrected chi connectivity index (χ3v) is 5.51. The van der Waals surface area contributed by atoms with Crippen molar-refractivity contribution in [1.82, 2.24) is 0 Å². The number of methoxy groups -OCH3 is 2. The first-order valence-corrected chi connectivity index (χ1v) is 9.90. The van der Waals surface area contributed by atoms with E-state index in [4.69, 9.17) is 14.2 Å². The Kier molecular flexibility index (Phi) is 13.1. The maximum atomic E-state index is 12.4. The lowest BCUT2D eigenvalue weighted by atomic mass is 9.86. The number of ketones is 1. The fraction of sp³-hybridized carbons (Fsp3) is 0.867. The fourth-order valence-electron chi connectivity index (χ4n) is 1.77. The quantitative estimate of drug-likeness (QED) is 0.270. The minimum absolute atomic E-state index is 0.0665. The van der Waals surface area contributed by atoms with E-state index >= 15 is 0 Å². The molecule has 1 unspecified atom stereocenters. The second-order valence-electron chi connectivity index (χ2n) is 5.15. The molecule has 0 saturated carbocycles. The second-order valence-corrected chi connectivity index (χ2v) is 8.02. The van der Waals surface area contributed by atoms with Crippen LogP contribution in [0.25, 0.3) is 0 Å². The van der Waals surface area contributed by atoms with E-state index in [0.717, 1.165) is 11.5 Å². The lowest BCUT2D eigenvalue weighted by molar-refractivity contribution is -0.152. The van der Waals surface area contributed by atoms with E-state index in [0.29, 0.717) is 25.9 Å². The van der Waals surface area contributed by atoms with E-state index in [9.17, 15) is 9.59 Å². The Hall–Kier alpha value is -0.240. The fourth-order valence-corrected chi connectivity index (χ4v) is 3.43. The zero-order chi connectivity index (χ0) is 16.8. The summed E-state index contributed by atoms with van der Waals surface area (Å²) in [5.74, 6) is 1.55. The largest absolute Gasteiger partial charge is 0.465 e. The summed E-state index contributed by atoms with van der Waals surface area (Å²) in [6.45, 7) is 4.71. The highest BCUT2D eigenvalue weighted by atomic mass is 33.1. The Morgan fingerprint density at radius 3 is 2.36 bits per heavy atom. The second kappa shape index (κ2) is 13.2. The van der Waals surface area contributed by atoms with Gasteiger partial charge in [0.25, 0.3) is 0 Å². The average molecular weight is 353 g/mol. The number of esters is 1. The molecule has 0 heterocycles. The molecule has 0 spiro atoms. The highest BCUT2D eigenvalue weighted by molar-refractivity contribution is 8.76. The van der Waals surface area contributed by atoms with Crippen molar-refractivity contribution in [2.24, 2.45) is 5.41 Å². The summed E-state index contributed by atoms with van der Waals surface area (Å²) >= 11 is 0. The smallest absolute Gasteiger partial charge is 0.305 e. The molecule has 0 amide bonds. The number of hydrogen-bond acceptors (Lipinski definition) is 7. The van der Waals surface area contributed by atoms with Gasteiger partial charge in [0.2, 0.25) is 0 Å². The zero-order valence-corrected chi connectivity index (χ0v) is 15.6. The average Bonchev–Trinajstić information content (AvgIpc) is 2.50. The van der Waals surface area contributed by atoms with Gasteiger partial charge in [-0.15, -0.1) is 0 Å². The number of rotatable bonds is 14. The van der Waals surface area contributed by atoms with Crippen molar-refractivity contribution in [3.05, 3.63) is 0 Å². The standard InChI is InChI=1S/C15H28O5S2/c1-5-21-22-10-8-13(16)15(2,11-19-4)12-20-14(17)7-6-9-18-3/h5-12H2,1-4H3. The highest BCUT2D eigenvalue weighted by Crippen LogP contribution is 2.26. The van der Waals surface area contributed by atoms with E-state index in [-0.39, 0.29) is 25.0 Å². The molecule has 1 atom stereocenters. The van der Waals surface area contributed by atoms with Crippen LogP contribution in [0, 0.1) is 5.41 Å². The first-order chi connectivity index (χ1) is 10.5. The predicted molar refractivity (Wildman–Crippen MR) is 92.3 cm³/mol. The molecule has 0 aliphatic carbocycles. The van der Waals surface area contributed by atoms with Crippen molar-refractivity contribution in [1.29, 1.82) is 0 Å². The van der Waals surface area contributed by atoms with Crippen molar-refractivity contribution in [3.8, 4) is 0 Å². The van der Waals surface area contributed by atoms with Gasteiger partial charge < -0.3 is 14.2 Å². The summed E-state index contributed by atoms with van der Waals surface area (Å²) in [6, 6.07) is 0. The molecule has 0 aromatic heterocycles. The Labute approximate surface area is 141 Å². The van der Waals surface area contributed by atoms with Crippen molar-refractivity contribution in [2.45, 2.75) is 33.1 Å². The zero-order valence-electron chi connectivity index (χ0n) is 14.0. The van der Waals surface area contributed by atoms with E-state index in [2.05, 4.69) is 6.92 Å². The Balaban J connectivity index is 4.28. The molecule has 0 bridgehead atoms. The van der Waals surface area contributed by atoms with E-state index in [1.807, 2.05) is 0 Å². The minimum atomic E-state index is -0.775. The molecule has 0 radical (unpaired) electrons. The number of carbonyl (C=O) groups excluding carboxylic acids is 2. The first kappa shape index (κ1) is 21.8. The van der Waals surface area contributed by atoms with Crippen LogP contribution in [0.4, 0.5) is 0 Å². The van der Waals surface area contributed by atoms with E-state index in [1.54, 1.807) is 42.7 Å². The molecule has 5 nitrogen and oxygen atoms in total. The highest BCUT2D eigenvalue weighted by Gasteiger charge is 2.34. The van der Waals surface area contributed by atoms with Gasteiger partial charge in [-0.3, -0.25) is 9.59 Å². The third kappa shape index (κ3) is 9.71. The normalized spacial score (nSPS) is 13.6. The molecular formula is C15H28O5S2. The third-order valence-electron chi connectivity index (χ3n) is 3.03. The van der Waals surface area contributed by atoms with Gasteiger partial charge >= 0.3 is 5.97 Å². The first-order valence-electron chi connectivity index (χ1n) is 7.41. The van der Waals surface area contributed by atoms with Gasteiger partial charge in [-0.25, -0.2) is 0 Å². The number of carbonyl (C=O) groups is 2. The molecule has 0 saturated heterocycles. The van der Waals surface area contributed by atoms with Gasteiger partial charge in [-0.1, -0.05) is 28.5 Å². The summed E-state index contributed by atoms with van der Waals surface area (Å²) < 4.78 is 15.3. The van der Waals surface area contributed by atoms with Crippen LogP contribution in [-0.2, 0) is 23.8 Å². The molecule has 22 heavy (non-hydrogen) atoms. The molecule has 0 fully saturated rings. The van der Waals surface area contributed by atoms with Crippen molar-refractivity contribution >= 4 is 33.3 Å². The summed E-state index contributed by atoms with van der Waals surface area (Å²) in [5, 5.41) is 0. The molecule has 0 N–H and O–H groups in total. The topological polar surface area (TPSA) is 61.8 Å². The minimum Gasteiger partial charge on any atom is -0.465 e. The maximum Gasteiger partial charge on any atom is 0.305 e. The van der Waals surface area contributed by atoms with Crippen LogP contribution in [0.5, 0.6) is 0 Å². The van der Waals surface area contributed by atoms with Gasteiger partial charge in [0, 0.05) is 45.2 Å². The van der Waals surface area contributed by atoms with Crippen molar-refractivity contribution in [3.63, 3.8) is 0 Å². The van der Waals surface area contributed by atoms with Crippen LogP contribution in [0.3, 0.4) is 0 Å². The van der Waals surface area contributed by atoms with Crippen LogP contribution in [0.15, 0.2) is 0 Å². The van der Waals surface area contributed by atoms with Gasteiger partial charge in [0.05, 0.1) is 12.0 Å². The Bertz CT molecular complexity index is 325. The van der Waals surface area contributed by atoms with Crippen LogP contribution in [0.2, 0.25) is 0 Å². The lowest BCUT2D eigenvalue weighted by Gasteiger charge is -2.26. The lowest BCUT2D eigenvalue weighted by Crippen LogP contribution is -2.38. The Morgan fingerprint density at radius 1 is 1.05 bits per heavy atom. The molecule has 0 aromatic carbocycles. The van der Waals surface area contributed by atoms with E-state index in [1.165, 1.54) is 0 Å². The number of ether oxygens (including phenoxy) is 3. The predicted octanol–water partition coefficient (Wildman–Crippen LogP) is 2.97.